The molecule has 6 atom stereocenters. The van der Waals surface area contributed by atoms with Gasteiger partial charge < -0.3 is 31.9 Å². The van der Waals surface area contributed by atoms with E-state index in [-0.39, 0.29) is 47.4 Å². The summed E-state index contributed by atoms with van der Waals surface area (Å²) in [6, 6.07) is -0.0553. The number of aromatic nitrogens is 1. The SMILES string of the molecule is CCC[C@H](NC(=O)C(NC(=O)c1ccncc1)[C@@H](C)CC)C(=O)NC(CN[C@@H](C)C(=O)NC(C(=O)NCC)C(C)C)CC(C)C. The van der Waals surface area contributed by atoms with Crippen LogP contribution in [0.5, 0.6) is 0 Å². The van der Waals surface area contributed by atoms with E-state index in [1.807, 2.05) is 55.4 Å². The van der Waals surface area contributed by atoms with E-state index in [0.29, 0.717) is 44.3 Å². The first kappa shape index (κ1) is 39.5. The van der Waals surface area contributed by atoms with Gasteiger partial charge in [-0.25, -0.2) is 0 Å². The number of pyridine rings is 1. The molecule has 5 amide bonds. The lowest BCUT2D eigenvalue weighted by Gasteiger charge is -2.29. The van der Waals surface area contributed by atoms with Crippen molar-refractivity contribution in [2.24, 2.45) is 17.8 Å². The molecular formula is C33H57N7O5. The van der Waals surface area contributed by atoms with Crippen LogP contribution in [0.4, 0.5) is 0 Å². The summed E-state index contributed by atoms with van der Waals surface area (Å²) >= 11 is 0. The lowest BCUT2D eigenvalue weighted by molar-refractivity contribution is -0.131. The summed E-state index contributed by atoms with van der Waals surface area (Å²) in [7, 11) is 0. The lowest BCUT2D eigenvalue weighted by Crippen LogP contribution is -2.58. The van der Waals surface area contributed by atoms with Crippen LogP contribution in [0.3, 0.4) is 0 Å². The minimum absolute atomic E-state index is 0.0877. The molecule has 1 aromatic heterocycles. The molecule has 12 heteroatoms. The van der Waals surface area contributed by atoms with Gasteiger partial charge in [0.15, 0.2) is 0 Å². The van der Waals surface area contributed by atoms with Crippen LogP contribution in [0, 0.1) is 17.8 Å². The van der Waals surface area contributed by atoms with Crippen LogP contribution in [-0.4, -0.2) is 77.8 Å². The van der Waals surface area contributed by atoms with Gasteiger partial charge in [-0.2, -0.15) is 0 Å². The fourth-order valence-electron chi connectivity index (χ4n) is 4.82. The quantitative estimate of drug-likeness (QED) is 0.128. The molecule has 6 N–H and O–H groups in total. The maximum absolute atomic E-state index is 13.5. The third kappa shape index (κ3) is 14.0. The molecule has 0 fully saturated rings. The fourth-order valence-corrected chi connectivity index (χ4v) is 4.82. The normalized spacial score (nSPS) is 15.3. The number of nitrogens with one attached hydrogen (secondary N) is 6. The standard InChI is InChI=1S/C33H57N7O5/c1-10-13-26(38-33(45)28(22(8)11-2)40-30(42)24-14-16-34-17-15-24)31(43)37-25(18-20(4)5)19-36-23(9)29(41)39-27(21(6)7)32(44)35-12-3/h14-17,20-23,25-28,36H,10-13,18-19H2,1-9H3,(H,35,44)(H,37,43)(H,38,45)(H,39,41)(H,40,42)/t22-,23-,25?,26-,27?,28?/m0/s1. The van der Waals surface area contributed by atoms with E-state index >= 15 is 0 Å². The number of nitrogens with zero attached hydrogens (tertiary/aromatic N) is 1. The van der Waals surface area contributed by atoms with E-state index in [2.05, 4.69) is 36.9 Å². The lowest BCUT2D eigenvalue weighted by atomic mass is 9.97. The largest absolute Gasteiger partial charge is 0.355 e. The van der Waals surface area contributed by atoms with Crippen LogP contribution < -0.4 is 31.9 Å². The number of hydrogen-bond acceptors (Lipinski definition) is 7. The Kier molecular flexibility index (Phi) is 18.0. The highest BCUT2D eigenvalue weighted by Crippen LogP contribution is 2.12. The summed E-state index contributed by atoms with van der Waals surface area (Å²) in [4.78, 5) is 69.1. The Labute approximate surface area is 269 Å². The minimum Gasteiger partial charge on any atom is -0.355 e. The van der Waals surface area contributed by atoms with Crippen LogP contribution in [-0.2, 0) is 19.2 Å². The van der Waals surface area contributed by atoms with Crippen molar-refractivity contribution in [3.05, 3.63) is 30.1 Å². The van der Waals surface area contributed by atoms with E-state index in [1.54, 1.807) is 19.1 Å². The molecule has 1 heterocycles. The second-order valence-electron chi connectivity index (χ2n) is 12.5. The molecule has 0 spiro atoms. The van der Waals surface area contributed by atoms with Gasteiger partial charge in [-0.15, -0.1) is 0 Å². The first-order valence-corrected chi connectivity index (χ1v) is 16.4. The van der Waals surface area contributed by atoms with Gasteiger partial charge in [-0.1, -0.05) is 61.3 Å². The monoisotopic (exact) mass is 631 g/mol. The molecule has 0 bridgehead atoms. The van der Waals surface area contributed by atoms with E-state index in [9.17, 15) is 24.0 Å². The third-order valence-electron chi connectivity index (χ3n) is 7.70. The van der Waals surface area contributed by atoms with Gasteiger partial charge in [0.1, 0.15) is 18.1 Å². The van der Waals surface area contributed by atoms with Crippen LogP contribution >= 0.6 is 0 Å². The van der Waals surface area contributed by atoms with Crippen LogP contribution in [0.1, 0.15) is 98.4 Å². The number of hydrogen-bond donors (Lipinski definition) is 6. The number of amides is 5. The third-order valence-corrected chi connectivity index (χ3v) is 7.70. The Hall–Kier alpha value is -3.54. The second-order valence-corrected chi connectivity index (χ2v) is 12.5. The number of rotatable bonds is 20. The Morgan fingerprint density at radius 3 is 1.93 bits per heavy atom. The molecule has 45 heavy (non-hydrogen) atoms. The van der Waals surface area contributed by atoms with E-state index in [1.165, 1.54) is 12.4 Å². The van der Waals surface area contributed by atoms with Crippen LogP contribution in [0.25, 0.3) is 0 Å². The maximum Gasteiger partial charge on any atom is 0.252 e. The van der Waals surface area contributed by atoms with Crippen molar-refractivity contribution in [1.29, 1.82) is 0 Å². The Bertz CT molecular complexity index is 1080. The Morgan fingerprint density at radius 2 is 1.40 bits per heavy atom. The van der Waals surface area contributed by atoms with Crippen molar-refractivity contribution in [2.45, 2.75) is 118 Å². The maximum atomic E-state index is 13.5. The zero-order valence-corrected chi connectivity index (χ0v) is 28.7. The molecular weight excluding hydrogens is 574 g/mol. The van der Waals surface area contributed by atoms with Crippen molar-refractivity contribution >= 4 is 29.5 Å². The summed E-state index contributed by atoms with van der Waals surface area (Å²) in [6.07, 6.45) is 5.39. The summed E-state index contributed by atoms with van der Waals surface area (Å²) in [5.74, 6) is -1.68. The average molecular weight is 632 g/mol. The van der Waals surface area contributed by atoms with Gasteiger partial charge in [0.05, 0.1) is 6.04 Å². The van der Waals surface area contributed by atoms with Gasteiger partial charge in [0.2, 0.25) is 23.6 Å². The number of carbonyl (C=O) groups excluding carboxylic acids is 5. The second kappa shape index (κ2) is 20.5. The van der Waals surface area contributed by atoms with Gasteiger partial charge in [0, 0.05) is 37.1 Å². The highest BCUT2D eigenvalue weighted by Gasteiger charge is 2.31. The highest BCUT2D eigenvalue weighted by molar-refractivity contribution is 5.98. The predicted octanol–water partition coefficient (Wildman–Crippen LogP) is 2.30. The summed E-state index contributed by atoms with van der Waals surface area (Å²) in [6.45, 7) is 17.9. The first-order chi connectivity index (χ1) is 21.2. The number of carbonyl (C=O) groups is 5. The molecule has 0 aliphatic heterocycles. The van der Waals surface area contributed by atoms with E-state index in [0.717, 1.165) is 0 Å². The molecule has 12 nitrogen and oxygen atoms in total. The predicted molar refractivity (Wildman–Crippen MR) is 176 cm³/mol. The Balaban J connectivity index is 2.96. The first-order valence-electron chi connectivity index (χ1n) is 16.4. The molecule has 3 unspecified atom stereocenters. The Morgan fingerprint density at radius 1 is 0.756 bits per heavy atom. The molecule has 0 saturated carbocycles. The van der Waals surface area contributed by atoms with Gasteiger partial charge in [-0.05, 0) is 56.6 Å². The van der Waals surface area contributed by atoms with Crippen molar-refractivity contribution in [3.63, 3.8) is 0 Å². The van der Waals surface area contributed by atoms with Gasteiger partial charge in [-0.3, -0.25) is 29.0 Å². The van der Waals surface area contributed by atoms with Gasteiger partial charge >= 0.3 is 0 Å². The summed E-state index contributed by atoms with van der Waals surface area (Å²) < 4.78 is 0. The highest BCUT2D eigenvalue weighted by atomic mass is 16.2. The molecule has 1 aromatic rings. The summed E-state index contributed by atoms with van der Waals surface area (Å²) in [5.41, 5.74) is 0.393. The number of likely N-dealkylation sites (N-methyl/N-ethyl adjacent to an activating group) is 1. The molecule has 0 aromatic carbocycles. The molecule has 0 aliphatic rings. The zero-order chi connectivity index (χ0) is 34.1. The van der Waals surface area contributed by atoms with E-state index < -0.39 is 30.1 Å². The van der Waals surface area contributed by atoms with Crippen molar-refractivity contribution in [2.75, 3.05) is 13.1 Å². The van der Waals surface area contributed by atoms with Crippen molar-refractivity contribution in [1.82, 2.24) is 36.9 Å². The molecule has 254 valence electrons. The summed E-state index contributed by atoms with van der Waals surface area (Å²) in [5, 5.41) is 17.6. The van der Waals surface area contributed by atoms with Crippen LogP contribution in [0.15, 0.2) is 24.5 Å². The van der Waals surface area contributed by atoms with E-state index in [4.69, 9.17) is 0 Å². The smallest absolute Gasteiger partial charge is 0.252 e. The average Bonchev–Trinajstić information content (AvgIpc) is 3.00. The topological polar surface area (TPSA) is 170 Å². The molecule has 1 rings (SSSR count). The van der Waals surface area contributed by atoms with Gasteiger partial charge in [0.25, 0.3) is 5.91 Å². The minimum atomic E-state index is -0.829. The fraction of sp³-hybridized carbons (Fsp3) is 0.697. The van der Waals surface area contributed by atoms with Crippen molar-refractivity contribution in [3.8, 4) is 0 Å². The molecule has 0 radical (unpaired) electrons. The zero-order valence-electron chi connectivity index (χ0n) is 28.7. The van der Waals surface area contributed by atoms with Crippen molar-refractivity contribution < 1.29 is 24.0 Å². The van der Waals surface area contributed by atoms with Crippen LogP contribution in [0.2, 0.25) is 0 Å². The molecule has 0 aliphatic carbocycles. The molecule has 0 saturated heterocycles.